The van der Waals surface area contributed by atoms with Crippen molar-refractivity contribution >= 4 is 18.6 Å². The summed E-state index contributed by atoms with van der Waals surface area (Å²) in [5, 5.41) is 10.0. The number of nitrogens with zero attached hydrogens (tertiary/aromatic N) is 1. The van der Waals surface area contributed by atoms with Crippen LogP contribution < -0.4 is 0 Å². The molecule has 0 aromatic carbocycles. The Kier molecular flexibility index (Phi) is 15.7. The second-order valence-corrected chi connectivity index (χ2v) is 3.71. The second-order valence-electron chi connectivity index (χ2n) is 3.39. The van der Waals surface area contributed by atoms with Crippen LogP contribution in [0.2, 0.25) is 0 Å². The van der Waals surface area contributed by atoms with Crippen LogP contribution in [0.5, 0.6) is 0 Å². The molecule has 0 fully saturated rings. The Morgan fingerprint density at radius 2 is 2.00 bits per heavy atom. The van der Waals surface area contributed by atoms with Gasteiger partial charge in [-0.05, 0) is 19.8 Å². The molecule has 0 saturated heterocycles. The Labute approximate surface area is 102 Å². The number of hydrogen-bond acceptors (Lipinski definition) is 5. The largest absolute Gasteiger partial charge is 0.481 e. The summed E-state index contributed by atoms with van der Waals surface area (Å²) in [6.45, 7) is 4.04. The van der Waals surface area contributed by atoms with E-state index in [1.165, 1.54) is 19.3 Å². The minimum Gasteiger partial charge on any atom is -0.481 e. The van der Waals surface area contributed by atoms with E-state index in [0.29, 0.717) is 0 Å². The molecule has 0 aliphatic heterocycles. The molecule has 1 atom stereocenters. The zero-order chi connectivity index (χ0) is 12.8. The average molecular weight is 251 g/mol. The maximum Gasteiger partial charge on any atom is 0.313 e. The lowest BCUT2D eigenvalue weighted by Gasteiger charge is -2.05. The number of hydrogen-bond donors (Lipinski definition) is 2. The summed E-state index contributed by atoms with van der Waals surface area (Å²) >= 11 is 3.42. The third-order valence-electron chi connectivity index (χ3n) is 1.82. The first-order valence-electron chi connectivity index (χ1n) is 5.39. The van der Waals surface area contributed by atoms with Crippen LogP contribution in [0.4, 0.5) is 0 Å². The lowest BCUT2D eigenvalue weighted by atomic mass is 10.1. The van der Waals surface area contributed by atoms with E-state index in [-0.39, 0.29) is 11.9 Å². The lowest BCUT2D eigenvalue weighted by Crippen LogP contribution is -2.02. The monoisotopic (exact) mass is 251 g/mol. The van der Waals surface area contributed by atoms with E-state index in [1.54, 1.807) is 0 Å². The highest BCUT2D eigenvalue weighted by Crippen LogP contribution is 2.07. The maximum absolute atomic E-state index is 9.63. The quantitative estimate of drug-likeness (QED) is 0.301. The van der Waals surface area contributed by atoms with Crippen molar-refractivity contribution in [3.8, 4) is 0 Å². The van der Waals surface area contributed by atoms with Crippen molar-refractivity contribution in [1.29, 1.82) is 0 Å². The Bertz CT molecular complexity index is 178. The van der Waals surface area contributed by atoms with Gasteiger partial charge in [0.1, 0.15) is 6.10 Å². The number of carboxylic acid groups (broad SMARTS) is 1. The van der Waals surface area contributed by atoms with Gasteiger partial charge in [0.15, 0.2) is 5.34 Å². The van der Waals surface area contributed by atoms with Gasteiger partial charge in [0.2, 0.25) is 0 Å². The molecule has 0 heterocycles. The van der Waals surface area contributed by atoms with Crippen LogP contribution >= 0.6 is 12.6 Å². The second kappa shape index (κ2) is 14.2. The molecule has 0 amide bonds. The van der Waals surface area contributed by atoms with Gasteiger partial charge < -0.3 is 9.94 Å². The summed E-state index contributed by atoms with van der Waals surface area (Å²) in [6.07, 6.45) is 5.78. The Hall–Kier alpha value is -0.780. The summed E-state index contributed by atoms with van der Waals surface area (Å²) in [5.41, 5.74) is 0. The summed E-state index contributed by atoms with van der Waals surface area (Å²) in [4.78, 5) is 23.4. The van der Waals surface area contributed by atoms with Gasteiger partial charge in [0, 0.05) is 0 Å². The van der Waals surface area contributed by atoms with Crippen molar-refractivity contribution in [3.63, 3.8) is 0 Å². The molecule has 5 nitrogen and oxygen atoms in total. The molecule has 96 valence electrons. The summed E-state index contributed by atoms with van der Waals surface area (Å²) in [5.74, 6) is -0.965. The van der Waals surface area contributed by atoms with Gasteiger partial charge in [0.25, 0.3) is 0 Å². The number of thiol groups is 1. The molecule has 1 unspecified atom stereocenters. The third-order valence-corrected chi connectivity index (χ3v) is 2.09. The number of aliphatic carboxylic acids is 1. The van der Waals surface area contributed by atoms with E-state index in [0.717, 1.165) is 12.8 Å². The van der Waals surface area contributed by atoms with E-state index in [2.05, 4.69) is 29.7 Å². The topological polar surface area (TPSA) is 76.0 Å². The van der Waals surface area contributed by atoms with E-state index >= 15 is 0 Å². The van der Waals surface area contributed by atoms with E-state index < -0.39 is 5.97 Å². The first kappa shape index (κ1) is 17.6. The lowest BCUT2D eigenvalue weighted by molar-refractivity contribution is -0.133. The SMILES string of the molecule is CCCCCCC(C)ON=O.O=C(O)CS. The van der Waals surface area contributed by atoms with Crippen molar-refractivity contribution in [2.24, 2.45) is 5.34 Å². The first-order chi connectivity index (χ1) is 7.58. The van der Waals surface area contributed by atoms with Gasteiger partial charge in [0.05, 0.1) is 5.75 Å². The molecule has 1 N–H and O–H groups in total. The fraction of sp³-hybridized carbons (Fsp3) is 0.900. The van der Waals surface area contributed by atoms with Gasteiger partial charge in [-0.1, -0.05) is 26.2 Å². The van der Waals surface area contributed by atoms with Gasteiger partial charge in [-0.25, -0.2) is 0 Å². The number of rotatable bonds is 8. The zero-order valence-electron chi connectivity index (χ0n) is 9.89. The molecule has 0 aromatic heterocycles. The van der Waals surface area contributed by atoms with Gasteiger partial charge in [-0.15, -0.1) is 4.91 Å². The molecule has 0 bridgehead atoms. The van der Waals surface area contributed by atoms with Crippen LogP contribution in [0.15, 0.2) is 5.34 Å². The molecule has 0 spiro atoms. The molecular formula is C10H21NO4S. The Morgan fingerprint density at radius 3 is 2.38 bits per heavy atom. The molecule has 16 heavy (non-hydrogen) atoms. The Morgan fingerprint density at radius 1 is 1.44 bits per heavy atom. The zero-order valence-corrected chi connectivity index (χ0v) is 10.8. The number of carbonyl (C=O) groups is 1. The molecule has 0 aliphatic rings. The summed E-state index contributed by atoms with van der Waals surface area (Å²) in [7, 11) is 0. The standard InChI is InChI=1S/C8H17NO2.C2H4O2S/c1-3-4-5-6-7-8(2)11-9-10;3-2(4)1-5/h8H,3-7H2,1-2H3;5H,1H2,(H,3,4). The highest BCUT2D eigenvalue weighted by molar-refractivity contribution is 7.81. The van der Waals surface area contributed by atoms with Gasteiger partial charge in [-0.3, -0.25) is 4.79 Å². The predicted molar refractivity (Wildman–Crippen MR) is 66.6 cm³/mol. The van der Waals surface area contributed by atoms with Crippen LogP contribution in [0.25, 0.3) is 0 Å². The minimum absolute atomic E-state index is 0.00986. The van der Waals surface area contributed by atoms with Crippen LogP contribution in [0.1, 0.15) is 46.0 Å². The molecule has 6 heteroatoms. The van der Waals surface area contributed by atoms with Crippen molar-refractivity contribution in [3.05, 3.63) is 4.91 Å². The molecule has 0 aliphatic carbocycles. The highest BCUT2D eigenvalue weighted by atomic mass is 32.1. The van der Waals surface area contributed by atoms with Crippen molar-refractivity contribution in [2.45, 2.75) is 52.1 Å². The van der Waals surface area contributed by atoms with Crippen molar-refractivity contribution in [2.75, 3.05) is 5.75 Å². The van der Waals surface area contributed by atoms with Crippen molar-refractivity contribution < 1.29 is 14.7 Å². The Balaban J connectivity index is 0. The average Bonchev–Trinajstić information content (AvgIpc) is 2.26. The maximum atomic E-state index is 9.63. The molecule has 0 aromatic rings. The summed E-state index contributed by atoms with van der Waals surface area (Å²) in [6, 6.07) is 0. The molecule has 0 rings (SSSR count). The molecule has 0 radical (unpaired) electrons. The summed E-state index contributed by atoms with van der Waals surface area (Å²) < 4.78 is 0. The third kappa shape index (κ3) is 18.9. The van der Waals surface area contributed by atoms with Gasteiger partial charge in [-0.2, -0.15) is 12.6 Å². The number of carboxylic acids is 1. The molecule has 0 saturated carbocycles. The minimum atomic E-state index is -0.881. The van der Waals surface area contributed by atoms with Crippen LogP contribution in [-0.4, -0.2) is 22.9 Å². The fourth-order valence-electron chi connectivity index (χ4n) is 0.985. The normalized spacial score (nSPS) is 10.9. The fourth-order valence-corrected chi connectivity index (χ4v) is 0.985. The van der Waals surface area contributed by atoms with E-state index in [1.807, 2.05) is 6.92 Å². The predicted octanol–water partition coefficient (Wildman–Crippen LogP) is 3.04. The number of unbranched alkanes of at least 4 members (excludes halogenated alkanes) is 3. The van der Waals surface area contributed by atoms with Crippen molar-refractivity contribution in [1.82, 2.24) is 0 Å². The first-order valence-corrected chi connectivity index (χ1v) is 6.02. The van der Waals surface area contributed by atoms with Crippen LogP contribution in [0.3, 0.4) is 0 Å². The van der Waals surface area contributed by atoms with Crippen LogP contribution in [0, 0.1) is 4.91 Å². The van der Waals surface area contributed by atoms with Crippen LogP contribution in [-0.2, 0) is 9.63 Å². The smallest absolute Gasteiger partial charge is 0.313 e. The van der Waals surface area contributed by atoms with E-state index in [4.69, 9.17) is 5.11 Å². The van der Waals surface area contributed by atoms with Gasteiger partial charge >= 0.3 is 5.97 Å². The highest BCUT2D eigenvalue weighted by Gasteiger charge is 2.00. The molecular weight excluding hydrogens is 230 g/mol. The van der Waals surface area contributed by atoms with E-state index in [9.17, 15) is 9.70 Å².